The first-order valence-corrected chi connectivity index (χ1v) is 13.1. The summed E-state index contributed by atoms with van der Waals surface area (Å²) in [4.78, 5) is 5.12. The van der Waals surface area contributed by atoms with Crippen molar-refractivity contribution in [3.63, 3.8) is 0 Å². The Morgan fingerprint density at radius 3 is 2.53 bits per heavy atom. The third-order valence-electron chi connectivity index (χ3n) is 6.92. The maximum Gasteiger partial charge on any atom is 0.191 e. The Balaban J connectivity index is 1.10. The number of ether oxygens (including phenoxy) is 2. The fourth-order valence-corrected chi connectivity index (χ4v) is 5.97. The van der Waals surface area contributed by atoms with Crippen LogP contribution in [0, 0.1) is 0 Å². The van der Waals surface area contributed by atoms with Gasteiger partial charge in [0.1, 0.15) is 19.0 Å². The molecule has 0 spiro atoms. The topological polar surface area (TPSA) is 55.7 Å². The molecule has 174 valence electrons. The van der Waals surface area contributed by atoms with Crippen LogP contribution in [0.25, 0.3) is 0 Å². The predicted molar refractivity (Wildman–Crippen MR) is 127 cm³/mol. The second-order valence-corrected chi connectivity index (χ2v) is 10.2. The highest BCUT2D eigenvalue weighted by Crippen LogP contribution is 2.33. The number of hydrogen-bond donors (Lipinski definition) is 0. The molecule has 0 saturated carbocycles. The van der Waals surface area contributed by atoms with E-state index in [-0.39, 0.29) is 0 Å². The SMILES string of the molecule is Cn1c(SCCN2CCCCC2)nnc1C1CCN(Cc2ccc3c(c2)OCCO3)CC1. The highest BCUT2D eigenvalue weighted by Gasteiger charge is 2.26. The van der Waals surface area contributed by atoms with Crippen molar-refractivity contribution >= 4 is 11.8 Å². The van der Waals surface area contributed by atoms with Gasteiger partial charge in [-0.1, -0.05) is 24.2 Å². The van der Waals surface area contributed by atoms with Crippen LogP contribution in [0.5, 0.6) is 11.5 Å². The lowest BCUT2D eigenvalue weighted by molar-refractivity contribution is 0.170. The van der Waals surface area contributed by atoms with E-state index < -0.39 is 0 Å². The number of fused-ring (bicyclic) bond motifs is 1. The minimum absolute atomic E-state index is 0.500. The molecule has 0 atom stereocenters. The van der Waals surface area contributed by atoms with Gasteiger partial charge in [-0.15, -0.1) is 10.2 Å². The van der Waals surface area contributed by atoms with Gasteiger partial charge < -0.3 is 18.9 Å². The van der Waals surface area contributed by atoms with E-state index in [1.54, 1.807) is 0 Å². The zero-order valence-corrected chi connectivity index (χ0v) is 20.0. The Morgan fingerprint density at radius 1 is 0.938 bits per heavy atom. The molecule has 0 unspecified atom stereocenters. The van der Waals surface area contributed by atoms with Crippen molar-refractivity contribution in [1.82, 2.24) is 24.6 Å². The Labute approximate surface area is 195 Å². The van der Waals surface area contributed by atoms with Crippen LogP contribution in [-0.4, -0.2) is 76.3 Å². The first kappa shape index (κ1) is 22.0. The van der Waals surface area contributed by atoms with Gasteiger partial charge in [0.2, 0.25) is 0 Å². The molecule has 32 heavy (non-hydrogen) atoms. The molecule has 0 radical (unpaired) electrons. The summed E-state index contributed by atoms with van der Waals surface area (Å²) in [6.45, 7) is 8.08. The normalized spacial score (nSPS) is 20.5. The molecular weight excluding hydrogens is 422 g/mol. The molecule has 3 aliphatic rings. The predicted octanol–water partition coefficient (Wildman–Crippen LogP) is 3.54. The molecule has 0 aliphatic carbocycles. The van der Waals surface area contributed by atoms with Gasteiger partial charge >= 0.3 is 0 Å². The molecule has 2 aromatic rings. The molecule has 2 saturated heterocycles. The van der Waals surface area contributed by atoms with Gasteiger partial charge in [0, 0.05) is 31.8 Å². The van der Waals surface area contributed by atoms with Crippen molar-refractivity contribution in [1.29, 1.82) is 0 Å². The summed E-state index contributed by atoms with van der Waals surface area (Å²) in [5.41, 5.74) is 1.29. The molecule has 1 aromatic heterocycles. The lowest BCUT2D eigenvalue weighted by atomic mass is 9.95. The highest BCUT2D eigenvalue weighted by molar-refractivity contribution is 7.99. The van der Waals surface area contributed by atoms with Crippen molar-refractivity contribution in [3.05, 3.63) is 29.6 Å². The second kappa shape index (κ2) is 10.4. The summed E-state index contributed by atoms with van der Waals surface area (Å²) >= 11 is 1.85. The lowest BCUT2D eigenvalue weighted by Gasteiger charge is -2.31. The number of likely N-dealkylation sites (tertiary alicyclic amines) is 2. The molecule has 7 nitrogen and oxygen atoms in total. The largest absolute Gasteiger partial charge is 0.486 e. The zero-order chi connectivity index (χ0) is 21.8. The first-order valence-electron chi connectivity index (χ1n) is 12.1. The van der Waals surface area contributed by atoms with Crippen LogP contribution in [-0.2, 0) is 13.6 Å². The van der Waals surface area contributed by atoms with Gasteiger partial charge in [-0.25, -0.2) is 0 Å². The molecular formula is C24H35N5O2S. The van der Waals surface area contributed by atoms with E-state index >= 15 is 0 Å². The maximum atomic E-state index is 5.74. The molecule has 0 amide bonds. The van der Waals surface area contributed by atoms with Crippen molar-refractivity contribution in [2.24, 2.45) is 7.05 Å². The molecule has 0 N–H and O–H groups in total. The summed E-state index contributed by atoms with van der Waals surface area (Å²) in [6.07, 6.45) is 6.37. The Morgan fingerprint density at radius 2 is 1.72 bits per heavy atom. The molecule has 3 aliphatic heterocycles. The molecule has 1 aromatic carbocycles. The van der Waals surface area contributed by atoms with Gasteiger partial charge in [-0.2, -0.15) is 0 Å². The van der Waals surface area contributed by atoms with Gasteiger partial charge in [-0.05, 0) is 69.6 Å². The van der Waals surface area contributed by atoms with Crippen molar-refractivity contribution in [3.8, 4) is 11.5 Å². The fourth-order valence-electron chi connectivity index (χ4n) is 5.05. The third-order valence-corrected chi connectivity index (χ3v) is 7.92. The van der Waals surface area contributed by atoms with E-state index in [9.17, 15) is 0 Å². The number of benzene rings is 1. The van der Waals surface area contributed by atoms with Crippen LogP contribution in [0.1, 0.15) is 49.4 Å². The van der Waals surface area contributed by atoms with E-state index in [2.05, 4.69) is 43.7 Å². The third kappa shape index (κ3) is 5.24. The van der Waals surface area contributed by atoms with Crippen molar-refractivity contribution in [2.45, 2.75) is 49.7 Å². The smallest absolute Gasteiger partial charge is 0.191 e. The number of nitrogens with zero attached hydrogens (tertiary/aromatic N) is 5. The summed E-state index contributed by atoms with van der Waals surface area (Å²) in [5, 5.41) is 10.2. The van der Waals surface area contributed by atoms with Gasteiger partial charge in [-0.3, -0.25) is 4.90 Å². The van der Waals surface area contributed by atoms with E-state index in [4.69, 9.17) is 9.47 Å². The lowest BCUT2D eigenvalue weighted by Crippen LogP contribution is -2.33. The number of hydrogen-bond acceptors (Lipinski definition) is 7. The van der Waals surface area contributed by atoms with E-state index in [1.165, 1.54) is 37.9 Å². The molecule has 2 fully saturated rings. The first-order chi connectivity index (χ1) is 15.8. The highest BCUT2D eigenvalue weighted by atomic mass is 32.2. The Bertz CT molecular complexity index is 891. The van der Waals surface area contributed by atoms with Gasteiger partial charge in [0.25, 0.3) is 0 Å². The van der Waals surface area contributed by atoms with Crippen molar-refractivity contribution < 1.29 is 9.47 Å². The monoisotopic (exact) mass is 457 g/mol. The maximum absolute atomic E-state index is 5.74. The van der Waals surface area contributed by atoms with Gasteiger partial charge in [0.05, 0.1) is 0 Å². The Hall–Kier alpha value is -1.77. The number of aromatic nitrogens is 3. The van der Waals surface area contributed by atoms with Crippen LogP contribution in [0.2, 0.25) is 0 Å². The number of thioether (sulfide) groups is 1. The molecule has 4 heterocycles. The summed E-state index contributed by atoms with van der Waals surface area (Å²) < 4.78 is 13.6. The van der Waals surface area contributed by atoms with Crippen LogP contribution >= 0.6 is 11.8 Å². The average molecular weight is 458 g/mol. The number of rotatable bonds is 7. The van der Waals surface area contributed by atoms with Crippen LogP contribution in [0.15, 0.2) is 23.4 Å². The molecule has 0 bridgehead atoms. The van der Waals surface area contributed by atoms with E-state index in [0.717, 1.165) is 67.3 Å². The van der Waals surface area contributed by atoms with Crippen LogP contribution in [0.3, 0.4) is 0 Å². The molecule has 8 heteroatoms. The Kier molecular flexibility index (Phi) is 7.19. The second-order valence-electron chi connectivity index (χ2n) is 9.18. The summed E-state index contributed by atoms with van der Waals surface area (Å²) in [7, 11) is 2.14. The quantitative estimate of drug-likeness (QED) is 0.590. The van der Waals surface area contributed by atoms with E-state index in [1.807, 2.05) is 17.8 Å². The summed E-state index contributed by atoms with van der Waals surface area (Å²) in [5.74, 6) is 4.50. The minimum atomic E-state index is 0.500. The fraction of sp³-hybridized carbons (Fsp3) is 0.667. The van der Waals surface area contributed by atoms with Crippen molar-refractivity contribution in [2.75, 3.05) is 51.7 Å². The van der Waals surface area contributed by atoms with E-state index in [0.29, 0.717) is 19.1 Å². The van der Waals surface area contributed by atoms with Crippen LogP contribution in [0.4, 0.5) is 0 Å². The van der Waals surface area contributed by atoms with Crippen LogP contribution < -0.4 is 9.47 Å². The number of piperidine rings is 2. The zero-order valence-electron chi connectivity index (χ0n) is 19.2. The van der Waals surface area contributed by atoms with Gasteiger partial charge in [0.15, 0.2) is 16.7 Å². The standard InChI is InChI=1S/C24H35N5O2S/c1-27-23(25-26-24(27)32-16-13-28-9-3-2-4-10-28)20-7-11-29(12-8-20)18-19-5-6-21-22(17-19)31-15-14-30-21/h5-6,17,20H,2-4,7-16,18H2,1H3. The minimum Gasteiger partial charge on any atom is -0.486 e. The average Bonchev–Trinajstić information content (AvgIpc) is 3.20. The molecule has 5 rings (SSSR count). The summed E-state index contributed by atoms with van der Waals surface area (Å²) in [6, 6.07) is 6.34.